The SMILES string of the molecule is CCCCOC(=O)CN1CCN(CC2CC2)CC1. The van der Waals surface area contributed by atoms with Crippen molar-refractivity contribution < 1.29 is 9.53 Å². The van der Waals surface area contributed by atoms with E-state index in [2.05, 4.69) is 16.7 Å². The smallest absolute Gasteiger partial charge is 0.320 e. The Kier molecular flexibility index (Phi) is 5.45. The normalized spacial score (nSPS) is 22.1. The second-order valence-electron chi connectivity index (χ2n) is 5.59. The summed E-state index contributed by atoms with van der Waals surface area (Å²) in [4.78, 5) is 16.3. The number of nitrogens with zero attached hydrogens (tertiary/aromatic N) is 2. The van der Waals surface area contributed by atoms with Gasteiger partial charge in [-0.15, -0.1) is 0 Å². The van der Waals surface area contributed by atoms with Crippen LogP contribution in [-0.2, 0) is 9.53 Å². The highest BCUT2D eigenvalue weighted by molar-refractivity contribution is 5.71. The molecule has 2 rings (SSSR count). The molecule has 0 amide bonds. The molecule has 0 aromatic heterocycles. The Bertz CT molecular complexity index is 259. The molecular weight excluding hydrogens is 228 g/mol. The van der Waals surface area contributed by atoms with Gasteiger partial charge in [-0.2, -0.15) is 0 Å². The third-order valence-corrected chi connectivity index (χ3v) is 3.79. The van der Waals surface area contributed by atoms with Gasteiger partial charge in [0.05, 0.1) is 13.2 Å². The quantitative estimate of drug-likeness (QED) is 0.507. The molecule has 104 valence electrons. The maximum atomic E-state index is 11.6. The molecule has 0 atom stereocenters. The highest BCUT2D eigenvalue weighted by Gasteiger charge is 2.26. The summed E-state index contributed by atoms with van der Waals surface area (Å²) < 4.78 is 5.19. The Labute approximate surface area is 110 Å². The van der Waals surface area contributed by atoms with Crippen LogP contribution in [0.4, 0.5) is 0 Å². The predicted octanol–water partition coefficient (Wildman–Crippen LogP) is 1.36. The zero-order valence-electron chi connectivity index (χ0n) is 11.6. The summed E-state index contributed by atoms with van der Waals surface area (Å²) in [5.41, 5.74) is 0. The van der Waals surface area contributed by atoms with Crippen LogP contribution in [0.3, 0.4) is 0 Å². The van der Waals surface area contributed by atoms with E-state index >= 15 is 0 Å². The molecule has 18 heavy (non-hydrogen) atoms. The lowest BCUT2D eigenvalue weighted by molar-refractivity contribution is -0.145. The highest BCUT2D eigenvalue weighted by Crippen LogP contribution is 2.29. The first-order valence-electron chi connectivity index (χ1n) is 7.38. The monoisotopic (exact) mass is 254 g/mol. The van der Waals surface area contributed by atoms with Gasteiger partial charge in [-0.1, -0.05) is 13.3 Å². The fourth-order valence-corrected chi connectivity index (χ4v) is 2.35. The van der Waals surface area contributed by atoms with Gasteiger partial charge in [0.25, 0.3) is 0 Å². The van der Waals surface area contributed by atoms with Crippen LogP contribution < -0.4 is 0 Å². The number of carbonyl (C=O) groups excluding carboxylic acids is 1. The van der Waals surface area contributed by atoms with Crippen molar-refractivity contribution in [2.75, 3.05) is 45.9 Å². The number of ether oxygens (including phenoxy) is 1. The van der Waals surface area contributed by atoms with E-state index in [9.17, 15) is 4.79 Å². The first-order valence-corrected chi connectivity index (χ1v) is 7.38. The van der Waals surface area contributed by atoms with Gasteiger partial charge in [0.2, 0.25) is 0 Å². The molecule has 0 spiro atoms. The van der Waals surface area contributed by atoms with Crippen LogP contribution in [0, 0.1) is 5.92 Å². The van der Waals surface area contributed by atoms with Crippen LogP contribution in [0.15, 0.2) is 0 Å². The molecule has 1 saturated heterocycles. The molecular formula is C14H26N2O2. The van der Waals surface area contributed by atoms with E-state index in [1.165, 1.54) is 19.4 Å². The van der Waals surface area contributed by atoms with E-state index in [4.69, 9.17) is 4.74 Å². The highest BCUT2D eigenvalue weighted by atomic mass is 16.5. The minimum atomic E-state index is -0.0564. The van der Waals surface area contributed by atoms with Gasteiger partial charge < -0.3 is 9.64 Å². The van der Waals surface area contributed by atoms with E-state index in [-0.39, 0.29) is 5.97 Å². The first-order chi connectivity index (χ1) is 8.78. The molecule has 2 fully saturated rings. The van der Waals surface area contributed by atoms with Gasteiger partial charge in [0.1, 0.15) is 0 Å². The molecule has 1 saturated carbocycles. The average Bonchev–Trinajstić information content (AvgIpc) is 3.16. The minimum Gasteiger partial charge on any atom is -0.465 e. The Hall–Kier alpha value is -0.610. The lowest BCUT2D eigenvalue weighted by Gasteiger charge is -2.34. The van der Waals surface area contributed by atoms with Gasteiger partial charge in [-0.25, -0.2) is 0 Å². The topological polar surface area (TPSA) is 32.8 Å². The maximum absolute atomic E-state index is 11.6. The summed E-state index contributed by atoms with van der Waals surface area (Å²) in [6.07, 6.45) is 4.89. The molecule has 0 unspecified atom stereocenters. The summed E-state index contributed by atoms with van der Waals surface area (Å²) in [5.74, 6) is 0.912. The van der Waals surface area contributed by atoms with Crippen LogP contribution in [0.1, 0.15) is 32.6 Å². The van der Waals surface area contributed by atoms with Crippen molar-refractivity contribution in [3.63, 3.8) is 0 Å². The van der Waals surface area contributed by atoms with E-state index in [1.54, 1.807) is 0 Å². The summed E-state index contributed by atoms with van der Waals surface area (Å²) in [7, 11) is 0. The molecule has 0 N–H and O–H groups in total. The second-order valence-corrected chi connectivity index (χ2v) is 5.59. The molecule has 1 aliphatic heterocycles. The molecule has 4 heteroatoms. The van der Waals surface area contributed by atoms with Gasteiger partial charge in [0.15, 0.2) is 0 Å². The number of hydrogen-bond donors (Lipinski definition) is 0. The largest absolute Gasteiger partial charge is 0.465 e. The Morgan fingerprint density at radius 3 is 2.44 bits per heavy atom. The van der Waals surface area contributed by atoms with E-state index in [0.717, 1.165) is 44.9 Å². The number of carbonyl (C=O) groups is 1. The Morgan fingerprint density at radius 1 is 1.17 bits per heavy atom. The molecule has 0 aromatic rings. The van der Waals surface area contributed by atoms with Crippen molar-refractivity contribution in [3.8, 4) is 0 Å². The van der Waals surface area contributed by atoms with Crippen molar-refractivity contribution >= 4 is 5.97 Å². The molecule has 4 nitrogen and oxygen atoms in total. The molecule has 0 aromatic carbocycles. The lowest BCUT2D eigenvalue weighted by atomic mass is 10.3. The lowest BCUT2D eigenvalue weighted by Crippen LogP contribution is -2.48. The predicted molar refractivity (Wildman–Crippen MR) is 71.5 cm³/mol. The van der Waals surface area contributed by atoms with E-state index < -0.39 is 0 Å². The van der Waals surface area contributed by atoms with Crippen LogP contribution in [0.5, 0.6) is 0 Å². The molecule has 0 bridgehead atoms. The fourth-order valence-electron chi connectivity index (χ4n) is 2.35. The summed E-state index contributed by atoms with van der Waals surface area (Å²) >= 11 is 0. The Balaban J connectivity index is 1.56. The third kappa shape index (κ3) is 4.94. The fraction of sp³-hybridized carbons (Fsp3) is 0.929. The van der Waals surface area contributed by atoms with Crippen molar-refractivity contribution in [3.05, 3.63) is 0 Å². The molecule has 1 aliphatic carbocycles. The number of piperazine rings is 1. The Morgan fingerprint density at radius 2 is 1.83 bits per heavy atom. The number of unbranched alkanes of at least 4 members (excludes halogenated alkanes) is 1. The zero-order chi connectivity index (χ0) is 12.8. The van der Waals surface area contributed by atoms with Crippen LogP contribution in [0.2, 0.25) is 0 Å². The molecule has 1 heterocycles. The van der Waals surface area contributed by atoms with Crippen molar-refractivity contribution in [2.24, 2.45) is 5.92 Å². The standard InChI is InChI=1S/C14H26N2O2/c1-2-3-10-18-14(17)12-16-8-6-15(7-9-16)11-13-4-5-13/h13H,2-12H2,1H3. The van der Waals surface area contributed by atoms with Crippen molar-refractivity contribution in [1.82, 2.24) is 9.80 Å². The van der Waals surface area contributed by atoms with Crippen molar-refractivity contribution in [2.45, 2.75) is 32.6 Å². The van der Waals surface area contributed by atoms with Gasteiger partial charge >= 0.3 is 5.97 Å². The second kappa shape index (κ2) is 7.10. The minimum absolute atomic E-state index is 0.0564. The number of rotatable bonds is 7. The van der Waals surface area contributed by atoms with Crippen molar-refractivity contribution in [1.29, 1.82) is 0 Å². The van der Waals surface area contributed by atoms with Gasteiger partial charge in [-0.3, -0.25) is 9.69 Å². The van der Waals surface area contributed by atoms with E-state index in [0.29, 0.717) is 13.2 Å². The van der Waals surface area contributed by atoms with Crippen LogP contribution in [0.25, 0.3) is 0 Å². The maximum Gasteiger partial charge on any atom is 0.320 e. The van der Waals surface area contributed by atoms with Gasteiger partial charge in [0, 0.05) is 32.7 Å². The average molecular weight is 254 g/mol. The van der Waals surface area contributed by atoms with Crippen LogP contribution >= 0.6 is 0 Å². The summed E-state index contributed by atoms with van der Waals surface area (Å²) in [6, 6.07) is 0. The number of esters is 1. The van der Waals surface area contributed by atoms with Gasteiger partial charge in [-0.05, 0) is 25.2 Å². The zero-order valence-corrected chi connectivity index (χ0v) is 11.6. The summed E-state index contributed by atoms with van der Waals surface area (Å²) in [5, 5.41) is 0. The summed E-state index contributed by atoms with van der Waals surface area (Å²) in [6.45, 7) is 8.67. The molecule has 0 radical (unpaired) electrons. The number of hydrogen-bond acceptors (Lipinski definition) is 4. The van der Waals surface area contributed by atoms with Crippen LogP contribution in [-0.4, -0.2) is 61.6 Å². The third-order valence-electron chi connectivity index (χ3n) is 3.79. The first kappa shape index (κ1) is 13.8. The van der Waals surface area contributed by atoms with E-state index in [1.807, 2.05) is 0 Å². The molecule has 2 aliphatic rings.